The summed E-state index contributed by atoms with van der Waals surface area (Å²) in [5.74, 6) is -0.217. The Morgan fingerprint density at radius 2 is 2.11 bits per heavy atom. The summed E-state index contributed by atoms with van der Waals surface area (Å²) in [6.07, 6.45) is 1.54. The van der Waals surface area contributed by atoms with Crippen molar-refractivity contribution in [3.8, 4) is 17.1 Å². The van der Waals surface area contributed by atoms with Crippen molar-refractivity contribution in [1.82, 2.24) is 9.97 Å². The van der Waals surface area contributed by atoms with Crippen LogP contribution < -0.4 is 10.1 Å². The number of anilines is 1. The van der Waals surface area contributed by atoms with Crippen LogP contribution in [0.25, 0.3) is 11.4 Å². The van der Waals surface area contributed by atoms with Crippen LogP contribution in [0.4, 0.5) is 10.2 Å². The quantitative estimate of drug-likeness (QED) is 0.637. The average molecular weight is 392 g/mol. The number of aromatic nitrogens is 2. The van der Waals surface area contributed by atoms with E-state index in [-0.39, 0.29) is 34.7 Å². The Bertz CT molecular complexity index is 963. The number of nitrogens with one attached hydrogen (secondary N) is 1. The molecule has 140 valence electrons. The lowest BCUT2D eigenvalue weighted by molar-refractivity contribution is 0.0594. The number of ether oxygens (including phenoxy) is 2. The number of hydrogen-bond acceptors (Lipinski definition) is 7. The lowest BCUT2D eigenvalue weighted by Crippen LogP contribution is -2.11. The minimum Gasteiger partial charge on any atom is -0.494 e. The Labute approximate surface area is 159 Å². The molecular weight excluding hydrogens is 377 g/mol. The van der Waals surface area contributed by atoms with Gasteiger partial charge in [-0.25, -0.2) is 19.2 Å². The second-order valence-corrected chi connectivity index (χ2v) is 5.71. The maximum atomic E-state index is 13.7. The van der Waals surface area contributed by atoms with Gasteiger partial charge in [0, 0.05) is 5.56 Å². The number of methoxy groups -OCH3 is 2. The number of nitrogens with zero attached hydrogens (tertiary/aromatic N) is 2. The van der Waals surface area contributed by atoms with Crippen LogP contribution in [0, 0.1) is 5.82 Å². The molecule has 9 heteroatoms. The molecule has 0 aliphatic heterocycles. The molecule has 0 bridgehead atoms. The fourth-order valence-electron chi connectivity index (χ4n) is 2.31. The summed E-state index contributed by atoms with van der Waals surface area (Å²) in [6, 6.07) is 7.64. The van der Waals surface area contributed by atoms with Crippen molar-refractivity contribution in [3.63, 3.8) is 0 Å². The first-order chi connectivity index (χ1) is 13.0. The summed E-state index contributed by atoms with van der Waals surface area (Å²) in [6.45, 7) is 0.288. The first-order valence-corrected chi connectivity index (χ1v) is 8.17. The minimum absolute atomic E-state index is 0.00577. The van der Waals surface area contributed by atoms with Crippen LogP contribution in [0.15, 0.2) is 41.0 Å². The van der Waals surface area contributed by atoms with E-state index in [0.717, 1.165) is 0 Å². The Hall–Kier alpha value is -3.13. The number of esters is 1. The lowest BCUT2D eigenvalue weighted by Gasteiger charge is -2.12. The number of rotatable bonds is 6. The van der Waals surface area contributed by atoms with Crippen molar-refractivity contribution in [2.75, 3.05) is 19.5 Å². The zero-order valence-electron chi connectivity index (χ0n) is 14.5. The van der Waals surface area contributed by atoms with Crippen LogP contribution in [0.5, 0.6) is 5.75 Å². The predicted octanol–water partition coefficient (Wildman–Crippen LogP) is 3.94. The molecular formula is C18H15ClFN3O4. The maximum absolute atomic E-state index is 13.7. The summed E-state index contributed by atoms with van der Waals surface area (Å²) in [5, 5.41) is 3.00. The molecule has 0 radical (unpaired) electrons. The van der Waals surface area contributed by atoms with Crippen LogP contribution in [0.2, 0.25) is 5.02 Å². The first kappa shape index (κ1) is 18.7. The zero-order chi connectivity index (χ0) is 19.4. The Morgan fingerprint density at radius 1 is 1.30 bits per heavy atom. The number of carbonyl (C=O) groups is 1. The Morgan fingerprint density at radius 3 is 2.78 bits per heavy atom. The highest BCUT2D eigenvalue weighted by molar-refractivity contribution is 6.35. The molecule has 7 nitrogen and oxygen atoms in total. The molecule has 0 aliphatic carbocycles. The fraction of sp³-hybridized carbons (Fsp3) is 0.167. The third-order valence-electron chi connectivity index (χ3n) is 3.65. The van der Waals surface area contributed by atoms with Gasteiger partial charge in [0.05, 0.1) is 27.0 Å². The molecule has 0 unspecified atom stereocenters. The molecule has 0 saturated heterocycles. The van der Waals surface area contributed by atoms with E-state index >= 15 is 0 Å². The van der Waals surface area contributed by atoms with Gasteiger partial charge in [-0.1, -0.05) is 11.6 Å². The molecule has 3 aromatic rings. The van der Waals surface area contributed by atoms with Gasteiger partial charge in [0.1, 0.15) is 16.6 Å². The van der Waals surface area contributed by atoms with Gasteiger partial charge in [0.2, 0.25) is 0 Å². The van der Waals surface area contributed by atoms with Gasteiger partial charge in [0.25, 0.3) is 0 Å². The monoisotopic (exact) mass is 391 g/mol. The average Bonchev–Trinajstić information content (AvgIpc) is 3.20. The molecule has 0 saturated carbocycles. The summed E-state index contributed by atoms with van der Waals surface area (Å²) < 4.78 is 28.7. The van der Waals surface area contributed by atoms with Crippen LogP contribution in [-0.2, 0) is 11.3 Å². The molecule has 0 spiro atoms. The molecule has 0 atom stereocenters. The molecule has 0 amide bonds. The van der Waals surface area contributed by atoms with Gasteiger partial charge in [-0.05, 0) is 30.3 Å². The van der Waals surface area contributed by atoms with Crippen LogP contribution in [0.1, 0.15) is 16.2 Å². The van der Waals surface area contributed by atoms with Crippen molar-refractivity contribution in [2.45, 2.75) is 6.54 Å². The number of carbonyl (C=O) groups excluding carboxylic acids is 1. The molecule has 0 aliphatic rings. The van der Waals surface area contributed by atoms with Gasteiger partial charge in [-0.15, -0.1) is 0 Å². The van der Waals surface area contributed by atoms with Crippen molar-refractivity contribution in [3.05, 3.63) is 58.9 Å². The molecule has 1 N–H and O–H groups in total. The van der Waals surface area contributed by atoms with Crippen molar-refractivity contribution >= 4 is 23.4 Å². The van der Waals surface area contributed by atoms with E-state index in [4.69, 9.17) is 25.5 Å². The van der Waals surface area contributed by atoms with Gasteiger partial charge >= 0.3 is 5.97 Å². The smallest absolute Gasteiger partial charge is 0.358 e. The zero-order valence-corrected chi connectivity index (χ0v) is 15.2. The first-order valence-electron chi connectivity index (χ1n) is 7.79. The summed E-state index contributed by atoms with van der Waals surface area (Å²) in [7, 11) is 2.57. The van der Waals surface area contributed by atoms with Crippen LogP contribution >= 0.6 is 11.6 Å². The maximum Gasteiger partial charge on any atom is 0.358 e. The highest BCUT2D eigenvalue weighted by Crippen LogP contribution is 2.30. The van der Waals surface area contributed by atoms with E-state index < -0.39 is 11.8 Å². The SMILES string of the molecule is COC(=O)c1nc(-c2ccc(F)c(OC)c2)nc(NCc2ccco2)c1Cl. The van der Waals surface area contributed by atoms with E-state index in [1.54, 1.807) is 12.1 Å². The topological polar surface area (TPSA) is 86.5 Å². The second kappa shape index (κ2) is 8.05. The van der Waals surface area contributed by atoms with E-state index in [1.807, 2.05) is 0 Å². The summed E-state index contributed by atoms with van der Waals surface area (Å²) in [5.41, 5.74) is 0.325. The largest absolute Gasteiger partial charge is 0.494 e. The molecule has 2 aromatic heterocycles. The third-order valence-corrected chi connectivity index (χ3v) is 4.01. The minimum atomic E-state index is -0.723. The third kappa shape index (κ3) is 4.01. The fourth-order valence-corrected chi connectivity index (χ4v) is 2.54. The van der Waals surface area contributed by atoms with E-state index in [2.05, 4.69) is 15.3 Å². The Kier molecular flexibility index (Phi) is 5.56. The number of benzene rings is 1. The molecule has 2 heterocycles. The van der Waals surface area contributed by atoms with Crippen LogP contribution in [-0.4, -0.2) is 30.2 Å². The normalized spacial score (nSPS) is 10.5. The van der Waals surface area contributed by atoms with Crippen molar-refractivity contribution in [1.29, 1.82) is 0 Å². The van der Waals surface area contributed by atoms with Gasteiger partial charge in [0.15, 0.2) is 23.1 Å². The predicted molar refractivity (Wildman–Crippen MR) is 96.4 cm³/mol. The molecule has 0 fully saturated rings. The van der Waals surface area contributed by atoms with E-state index in [9.17, 15) is 9.18 Å². The Balaban J connectivity index is 2.05. The molecule has 1 aromatic carbocycles. The highest BCUT2D eigenvalue weighted by Gasteiger charge is 2.21. The van der Waals surface area contributed by atoms with Crippen molar-refractivity contribution < 1.29 is 23.1 Å². The number of halogens is 2. The van der Waals surface area contributed by atoms with E-state index in [0.29, 0.717) is 11.3 Å². The van der Waals surface area contributed by atoms with Gasteiger partial charge in [-0.2, -0.15) is 0 Å². The summed E-state index contributed by atoms with van der Waals surface area (Å²) >= 11 is 6.26. The van der Waals surface area contributed by atoms with Gasteiger partial charge < -0.3 is 19.2 Å². The molecule has 27 heavy (non-hydrogen) atoms. The number of hydrogen-bond donors (Lipinski definition) is 1. The van der Waals surface area contributed by atoms with Crippen LogP contribution in [0.3, 0.4) is 0 Å². The van der Waals surface area contributed by atoms with E-state index in [1.165, 1.54) is 38.7 Å². The van der Waals surface area contributed by atoms with Crippen molar-refractivity contribution in [2.24, 2.45) is 0 Å². The standard InChI is InChI=1S/C18H15ClFN3O4/c1-25-13-8-10(5-6-12(13)20)16-22-15(18(24)26-2)14(19)17(23-16)21-9-11-4-3-7-27-11/h3-8H,9H2,1-2H3,(H,21,22,23). The second-order valence-electron chi connectivity index (χ2n) is 5.33. The molecule has 3 rings (SSSR count). The lowest BCUT2D eigenvalue weighted by atomic mass is 10.2. The van der Waals surface area contributed by atoms with Gasteiger partial charge in [-0.3, -0.25) is 0 Å². The highest BCUT2D eigenvalue weighted by atomic mass is 35.5. The number of furan rings is 1. The summed E-state index contributed by atoms with van der Waals surface area (Å²) in [4.78, 5) is 20.6.